The standard InChI is InChI=1S/C10H10NOP/c1-6-10(12)9(11)7-4-2-3-5-8(7)13-6/h2-5,12H,11H2,1H3. The van der Waals surface area contributed by atoms with Crippen LogP contribution >= 0.6 is 8.19 Å². The maximum absolute atomic E-state index is 9.60. The van der Waals surface area contributed by atoms with Crippen LogP contribution in [0.5, 0.6) is 5.75 Å². The number of rotatable bonds is 0. The first-order chi connectivity index (χ1) is 6.20. The van der Waals surface area contributed by atoms with Gasteiger partial charge >= 0.3 is 0 Å². The molecule has 1 heterocycles. The molecule has 0 bridgehead atoms. The van der Waals surface area contributed by atoms with E-state index in [4.69, 9.17) is 5.73 Å². The fraction of sp³-hybridized carbons (Fsp3) is 0.100. The van der Waals surface area contributed by atoms with Crippen LogP contribution in [0, 0.1) is 6.92 Å². The number of hydrogen-bond acceptors (Lipinski definition) is 2. The lowest BCUT2D eigenvalue weighted by atomic mass is 10.2. The molecular weight excluding hydrogens is 181 g/mol. The molecule has 0 fully saturated rings. The van der Waals surface area contributed by atoms with Crippen molar-refractivity contribution in [2.75, 3.05) is 5.73 Å². The van der Waals surface area contributed by atoms with Gasteiger partial charge in [-0.25, -0.2) is 0 Å². The number of anilines is 1. The minimum atomic E-state index is 0.236. The molecule has 0 amide bonds. The van der Waals surface area contributed by atoms with Gasteiger partial charge in [0.2, 0.25) is 0 Å². The minimum Gasteiger partial charge on any atom is -0.505 e. The lowest BCUT2D eigenvalue weighted by Crippen LogP contribution is -1.87. The highest BCUT2D eigenvalue weighted by Crippen LogP contribution is 2.39. The minimum absolute atomic E-state index is 0.236. The molecule has 1 aromatic heterocycles. The Hall–Kier alpha value is -1.27. The molecule has 0 spiro atoms. The third-order valence-electron chi connectivity index (χ3n) is 2.08. The Labute approximate surface area is 78.1 Å². The number of aryl methyl sites for hydroxylation is 1. The topological polar surface area (TPSA) is 46.2 Å². The molecule has 13 heavy (non-hydrogen) atoms. The predicted octanol–water partition coefficient (Wildman–Crippen LogP) is 3.02. The van der Waals surface area contributed by atoms with Gasteiger partial charge in [-0.05, 0) is 13.0 Å². The number of fused-ring (bicyclic) bond motifs is 1. The number of aromatic hydroxyl groups is 1. The molecule has 2 rings (SSSR count). The van der Waals surface area contributed by atoms with Crippen molar-refractivity contribution in [2.24, 2.45) is 0 Å². The molecule has 0 saturated heterocycles. The van der Waals surface area contributed by atoms with E-state index in [9.17, 15) is 5.11 Å². The molecule has 0 saturated carbocycles. The highest BCUT2D eigenvalue weighted by molar-refractivity contribution is 7.37. The zero-order valence-corrected chi connectivity index (χ0v) is 8.18. The Bertz CT molecular complexity index is 468. The smallest absolute Gasteiger partial charge is 0.146 e. The van der Waals surface area contributed by atoms with Crippen molar-refractivity contribution in [2.45, 2.75) is 6.92 Å². The highest BCUT2D eigenvalue weighted by atomic mass is 31.0. The van der Waals surface area contributed by atoms with Gasteiger partial charge in [-0.3, -0.25) is 0 Å². The van der Waals surface area contributed by atoms with Crippen molar-refractivity contribution in [1.82, 2.24) is 0 Å². The molecule has 3 heteroatoms. The third-order valence-corrected chi connectivity index (χ3v) is 3.26. The van der Waals surface area contributed by atoms with E-state index in [-0.39, 0.29) is 5.75 Å². The van der Waals surface area contributed by atoms with Gasteiger partial charge in [0.15, 0.2) is 0 Å². The molecule has 0 aliphatic carbocycles. The molecule has 1 aromatic carbocycles. The van der Waals surface area contributed by atoms with E-state index < -0.39 is 0 Å². The largest absolute Gasteiger partial charge is 0.505 e. The maximum atomic E-state index is 9.60. The summed E-state index contributed by atoms with van der Waals surface area (Å²) in [6.45, 7) is 1.89. The van der Waals surface area contributed by atoms with E-state index in [1.165, 1.54) is 0 Å². The normalized spacial score (nSPS) is 11.2. The van der Waals surface area contributed by atoms with Crippen LogP contribution in [-0.4, -0.2) is 5.11 Å². The molecule has 2 aromatic rings. The van der Waals surface area contributed by atoms with Crippen LogP contribution in [0.3, 0.4) is 0 Å². The van der Waals surface area contributed by atoms with Crippen molar-refractivity contribution in [3.63, 3.8) is 0 Å². The van der Waals surface area contributed by atoms with E-state index in [1.807, 2.05) is 31.2 Å². The summed E-state index contributed by atoms with van der Waals surface area (Å²) in [5, 5.41) is 12.6. The van der Waals surface area contributed by atoms with E-state index in [0.29, 0.717) is 5.69 Å². The molecular formula is C10H10NOP. The fourth-order valence-electron chi connectivity index (χ4n) is 1.35. The number of nitrogen functional groups attached to an aromatic ring is 1. The van der Waals surface area contributed by atoms with Gasteiger partial charge < -0.3 is 10.8 Å². The van der Waals surface area contributed by atoms with Gasteiger partial charge in [0.05, 0.1) is 5.69 Å². The summed E-state index contributed by atoms with van der Waals surface area (Å²) >= 11 is 0. The van der Waals surface area contributed by atoms with Crippen molar-refractivity contribution in [3.05, 3.63) is 29.6 Å². The van der Waals surface area contributed by atoms with E-state index >= 15 is 0 Å². The summed E-state index contributed by atoms with van der Waals surface area (Å²) in [7, 11) is 1.05. The Morgan fingerprint density at radius 2 is 2.00 bits per heavy atom. The van der Waals surface area contributed by atoms with Crippen LogP contribution in [0.2, 0.25) is 0 Å². The highest BCUT2D eigenvalue weighted by Gasteiger charge is 2.06. The number of nitrogens with two attached hydrogens (primary N) is 1. The Balaban J connectivity index is 2.94. The number of benzene rings is 1. The summed E-state index contributed by atoms with van der Waals surface area (Å²) in [6, 6.07) is 7.87. The quantitative estimate of drug-likeness (QED) is 0.672. The van der Waals surface area contributed by atoms with Gasteiger partial charge in [0, 0.05) is 15.8 Å². The van der Waals surface area contributed by atoms with Crippen LogP contribution < -0.4 is 5.73 Å². The van der Waals surface area contributed by atoms with Gasteiger partial charge in [0.25, 0.3) is 0 Å². The average molecular weight is 191 g/mol. The summed E-state index contributed by atoms with van der Waals surface area (Å²) in [6.07, 6.45) is 0. The molecule has 0 aliphatic heterocycles. The van der Waals surface area contributed by atoms with E-state index in [0.717, 1.165) is 24.0 Å². The molecule has 0 atom stereocenters. The van der Waals surface area contributed by atoms with Crippen molar-refractivity contribution in [1.29, 1.82) is 0 Å². The van der Waals surface area contributed by atoms with Gasteiger partial charge in [-0.1, -0.05) is 26.4 Å². The SMILES string of the molecule is Cc1pc2ccccc2c(N)c1O. The zero-order valence-electron chi connectivity index (χ0n) is 7.28. The summed E-state index contributed by atoms with van der Waals surface area (Å²) < 4.78 is 0. The predicted molar refractivity (Wildman–Crippen MR) is 57.3 cm³/mol. The first-order valence-corrected chi connectivity index (χ1v) is 4.93. The van der Waals surface area contributed by atoms with Crippen LogP contribution in [-0.2, 0) is 0 Å². The second kappa shape index (κ2) is 2.90. The fourth-order valence-corrected chi connectivity index (χ4v) is 2.42. The van der Waals surface area contributed by atoms with Crippen LogP contribution in [0.25, 0.3) is 10.5 Å². The lowest BCUT2D eigenvalue weighted by Gasteiger charge is -2.06. The van der Waals surface area contributed by atoms with Crippen LogP contribution in [0.15, 0.2) is 24.3 Å². The van der Waals surface area contributed by atoms with E-state index in [2.05, 4.69) is 0 Å². The summed E-state index contributed by atoms with van der Waals surface area (Å²) in [5.74, 6) is 0.236. The third kappa shape index (κ3) is 1.24. The molecule has 0 unspecified atom stereocenters. The second-order valence-electron chi connectivity index (χ2n) is 2.98. The van der Waals surface area contributed by atoms with Gasteiger partial charge in [0.1, 0.15) is 5.75 Å². The van der Waals surface area contributed by atoms with Gasteiger partial charge in [-0.15, -0.1) is 0 Å². The molecule has 2 nitrogen and oxygen atoms in total. The number of hydrogen-bond donors (Lipinski definition) is 2. The van der Waals surface area contributed by atoms with Gasteiger partial charge in [-0.2, -0.15) is 0 Å². The molecule has 3 N–H and O–H groups in total. The Kier molecular flexibility index (Phi) is 1.86. The molecule has 0 radical (unpaired) electrons. The monoisotopic (exact) mass is 191 g/mol. The molecule has 66 valence electrons. The van der Waals surface area contributed by atoms with Crippen LogP contribution in [0.4, 0.5) is 5.69 Å². The Morgan fingerprint density at radius 1 is 1.31 bits per heavy atom. The van der Waals surface area contributed by atoms with E-state index in [1.54, 1.807) is 0 Å². The first-order valence-electron chi connectivity index (χ1n) is 4.04. The first kappa shape index (κ1) is 8.33. The molecule has 0 aliphatic rings. The lowest BCUT2D eigenvalue weighted by molar-refractivity contribution is 0.476. The van der Waals surface area contributed by atoms with Crippen molar-refractivity contribution in [3.8, 4) is 5.75 Å². The summed E-state index contributed by atoms with van der Waals surface area (Å²) in [4.78, 5) is 0. The van der Waals surface area contributed by atoms with Crippen molar-refractivity contribution < 1.29 is 5.11 Å². The van der Waals surface area contributed by atoms with Crippen molar-refractivity contribution >= 4 is 24.4 Å². The second-order valence-corrected chi connectivity index (χ2v) is 4.35. The summed E-state index contributed by atoms with van der Waals surface area (Å²) in [5.41, 5.74) is 6.28. The zero-order chi connectivity index (χ0) is 9.42. The van der Waals surface area contributed by atoms with Crippen LogP contribution in [0.1, 0.15) is 5.30 Å². The Morgan fingerprint density at radius 3 is 2.77 bits per heavy atom. The average Bonchev–Trinajstić information content (AvgIpc) is 2.15. The maximum Gasteiger partial charge on any atom is 0.146 e.